The first-order valence-corrected chi connectivity index (χ1v) is 12.3. The number of carbonyl (C=O) groups is 2. The Hall–Kier alpha value is -3.42. The lowest BCUT2D eigenvalue weighted by atomic mass is 10.1. The van der Waals surface area contributed by atoms with Crippen LogP contribution in [0.2, 0.25) is 0 Å². The topological polar surface area (TPSA) is 117 Å². The van der Waals surface area contributed by atoms with Crippen molar-refractivity contribution in [2.75, 3.05) is 39.9 Å². The van der Waals surface area contributed by atoms with Crippen molar-refractivity contribution < 1.29 is 27.5 Å². The molecule has 0 spiro atoms. The van der Waals surface area contributed by atoms with Gasteiger partial charge >= 0.3 is 0 Å². The molecule has 1 fully saturated rings. The van der Waals surface area contributed by atoms with Gasteiger partial charge in [0.1, 0.15) is 6.07 Å². The number of hydrogen-bond donors (Lipinski definition) is 0. The molecule has 9 nitrogen and oxygen atoms in total. The van der Waals surface area contributed by atoms with Crippen LogP contribution in [0.4, 0.5) is 0 Å². The van der Waals surface area contributed by atoms with Crippen LogP contribution in [0.3, 0.4) is 0 Å². The highest BCUT2D eigenvalue weighted by Crippen LogP contribution is 2.28. The van der Waals surface area contributed by atoms with Gasteiger partial charge in [-0.2, -0.15) is 9.57 Å². The molecule has 1 amide bonds. The number of ether oxygens (including phenoxy) is 2. The molecule has 1 saturated heterocycles. The quantitative estimate of drug-likeness (QED) is 0.396. The molecule has 0 radical (unpaired) electrons. The number of amides is 1. The van der Waals surface area contributed by atoms with Crippen LogP contribution in [0.1, 0.15) is 35.7 Å². The Balaban J connectivity index is 1.48. The smallest absolute Gasteiger partial charge is 0.244 e. The Morgan fingerprint density at radius 2 is 1.76 bits per heavy atom. The highest BCUT2D eigenvalue weighted by atomic mass is 32.2. The summed E-state index contributed by atoms with van der Waals surface area (Å²) in [4.78, 5) is 25.7. The van der Waals surface area contributed by atoms with Crippen LogP contribution >= 0.6 is 0 Å². The molecule has 180 valence electrons. The lowest BCUT2D eigenvalue weighted by Crippen LogP contribution is -2.50. The van der Waals surface area contributed by atoms with Gasteiger partial charge in [0.05, 0.1) is 24.2 Å². The summed E-state index contributed by atoms with van der Waals surface area (Å²) in [6.45, 7) is 2.68. The average molecular weight is 486 g/mol. The van der Waals surface area contributed by atoms with Gasteiger partial charge in [0.25, 0.3) is 0 Å². The molecule has 0 N–H and O–H groups in total. The minimum absolute atomic E-state index is 0.0128. The van der Waals surface area contributed by atoms with E-state index >= 15 is 0 Å². The molecule has 10 heteroatoms. The Kier molecular flexibility index (Phi) is 8.26. The second-order valence-corrected chi connectivity index (χ2v) is 9.67. The number of hydrogen-bond acceptors (Lipinski definition) is 7. The van der Waals surface area contributed by atoms with Gasteiger partial charge in [-0.05, 0) is 43.7 Å². The number of sulfonamides is 1. The van der Waals surface area contributed by atoms with Crippen LogP contribution < -0.4 is 9.47 Å². The number of benzene rings is 2. The van der Waals surface area contributed by atoms with Crippen LogP contribution in [0.15, 0.2) is 47.4 Å². The van der Waals surface area contributed by atoms with Gasteiger partial charge in [-0.3, -0.25) is 9.59 Å². The van der Waals surface area contributed by atoms with Gasteiger partial charge in [-0.1, -0.05) is 12.1 Å². The van der Waals surface area contributed by atoms with Crippen molar-refractivity contribution in [3.05, 3.63) is 53.6 Å². The normalized spacial score (nSPS) is 14.3. The maximum absolute atomic E-state index is 12.9. The number of Topliss-reactive ketones (excluding diaryl/α,β-unsaturated/α-hetero) is 1. The number of piperazine rings is 1. The maximum Gasteiger partial charge on any atom is 0.244 e. The van der Waals surface area contributed by atoms with Gasteiger partial charge in [0, 0.05) is 38.2 Å². The minimum Gasteiger partial charge on any atom is -0.493 e. The molecular formula is C24H27N3O6S. The molecule has 1 aliphatic rings. The standard InChI is InChI=1S/C24H27N3O6S/c1-18(28)19-9-10-21(22(16-19)32-2)33-15-5-8-24(29)26-11-13-27(14-12-26)34(30,31)23-7-4-3-6-20(23)17-25/h3-4,6-7,9-10,16H,5,8,11-15H2,1-2H3. The van der Waals surface area contributed by atoms with Crippen molar-refractivity contribution in [3.63, 3.8) is 0 Å². The van der Waals surface area contributed by atoms with E-state index in [9.17, 15) is 23.3 Å². The fourth-order valence-corrected chi connectivity index (χ4v) is 5.23. The van der Waals surface area contributed by atoms with Gasteiger partial charge in [0.15, 0.2) is 17.3 Å². The number of methoxy groups -OCH3 is 1. The van der Waals surface area contributed by atoms with E-state index in [4.69, 9.17) is 9.47 Å². The first-order valence-electron chi connectivity index (χ1n) is 10.9. The van der Waals surface area contributed by atoms with E-state index in [2.05, 4.69) is 0 Å². The predicted molar refractivity (Wildman–Crippen MR) is 124 cm³/mol. The second-order valence-electron chi connectivity index (χ2n) is 7.77. The van der Waals surface area contributed by atoms with Gasteiger partial charge < -0.3 is 14.4 Å². The summed E-state index contributed by atoms with van der Waals surface area (Å²) >= 11 is 0. The summed E-state index contributed by atoms with van der Waals surface area (Å²) in [5.41, 5.74) is 0.630. The largest absolute Gasteiger partial charge is 0.493 e. The van der Waals surface area contributed by atoms with Crippen LogP contribution in [-0.4, -0.2) is 69.2 Å². The molecule has 34 heavy (non-hydrogen) atoms. The van der Waals surface area contributed by atoms with Crippen LogP contribution in [0.25, 0.3) is 0 Å². The molecule has 0 atom stereocenters. The van der Waals surface area contributed by atoms with E-state index < -0.39 is 10.0 Å². The van der Waals surface area contributed by atoms with Gasteiger partial charge in [-0.25, -0.2) is 8.42 Å². The zero-order chi connectivity index (χ0) is 24.7. The molecule has 0 unspecified atom stereocenters. The SMILES string of the molecule is COc1cc(C(C)=O)ccc1OCCCC(=O)N1CCN(S(=O)(=O)c2ccccc2C#N)CC1. The van der Waals surface area contributed by atoms with Crippen LogP contribution in [-0.2, 0) is 14.8 Å². The zero-order valence-corrected chi connectivity index (χ0v) is 20.0. The number of rotatable bonds is 9. The number of nitriles is 1. The summed E-state index contributed by atoms with van der Waals surface area (Å²) in [5, 5.41) is 9.22. The van der Waals surface area contributed by atoms with Crippen LogP contribution in [0, 0.1) is 11.3 Å². The van der Waals surface area contributed by atoms with Crippen molar-refractivity contribution in [2.24, 2.45) is 0 Å². The van der Waals surface area contributed by atoms with E-state index in [0.29, 0.717) is 30.1 Å². The molecule has 3 rings (SSSR count). The summed E-state index contributed by atoms with van der Waals surface area (Å²) in [7, 11) is -2.31. The predicted octanol–water partition coefficient (Wildman–Crippen LogP) is 2.46. The van der Waals surface area contributed by atoms with Crippen LogP contribution in [0.5, 0.6) is 11.5 Å². The second kappa shape index (κ2) is 11.1. The highest BCUT2D eigenvalue weighted by molar-refractivity contribution is 7.89. The Bertz CT molecular complexity index is 1200. The van der Waals surface area contributed by atoms with E-state index in [1.54, 1.807) is 35.2 Å². The molecule has 0 aliphatic carbocycles. The first kappa shape index (κ1) is 25.2. The van der Waals surface area contributed by atoms with E-state index in [1.807, 2.05) is 6.07 Å². The monoisotopic (exact) mass is 485 g/mol. The van der Waals surface area contributed by atoms with Crippen molar-refractivity contribution in [1.82, 2.24) is 9.21 Å². The molecule has 0 bridgehead atoms. The number of ketones is 1. The maximum atomic E-state index is 12.9. The Labute approximate surface area is 199 Å². The van der Waals surface area contributed by atoms with E-state index in [0.717, 1.165) is 0 Å². The zero-order valence-electron chi connectivity index (χ0n) is 19.2. The third kappa shape index (κ3) is 5.73. The molecule has 2 aromatic rings. The Morgan fingerprint density at radius 3 is 2.41 bits per heavy atom. The van der Waals surface area contributed by atoms with Gasteiger partial charge in [0.2, 0.25) is 15.9 Å². The van der Waals surface area contributed by atoms with Crippen molar-refractivity contribution in [3.8, 4) is 17.6 Å². The van der Waals surface area contributed by atoms with Gasteiger partial charge in [-0.15, -0.1) is 0 Å². The summed E-state index contributed by atoms with van der Waals surface area (Å²) in [6.07, 6.45) is 0.738. The molecule has 0 saturated carbocycles. The van der Waals surface area contributed by atoms with Crippen molar-refractivity contribution in [1.29, 1.82) is 5.26 Å². The summed E-state index contributed by atoms with van der Waals surface area (Å²) < 4.78 is 38.1. The van der Waals surface area contributed by atoms with Crippen molar-refractivity contribution >= 4 is 21.7 Å². The van der Waals surface area contributed by atoms with E-state index in [1.165, 1.54) is 30.5 Å². The molecule has 1 aliphatic heterocycles. The first-order chi connectivity index (χ1) is 16.3. The van der Waals surface area contributed by atoms with E-state index in [-0.39, 0.29) is 54.7 Å². The number of nitrogens with zero attached hydrogens (tertiary/aromatic N) is 3. The molecule has 1 heterocycles. The molecule has 2 aromatic carbocycles. The summed E-state index contributed by atoms with van der Waals surface area (Å²) in [5.74, 6) is 0.806. The fourth-order valence-electron chi connectivity index (χ4n) is 3.67. The third-order valence-electron chi connectivity index (χ3n) is 5.58. The Morgan fingerprint density at radius 1 is 1.06 bits per heavy atom. The molecular weight excluding hydrogens is 458 g/mol. The summed E-state index contributed by atoms with van der Waals surface area (Å²) in [6, 6.07) is 13.0. The highest BCUT2D eigenvalue weighted by Gasteiger charge is 2.31. The third-order valence-corrected chi connectivity index (χ3v) is 7.54. The molecule has 0 aromatic heterocycles. The lowest BCUT2D eigenvalue weighted by Gasteiger charge is -2.34. The lowest BCUT2D eigenvalue weighted by molar-refractivity contribution is -0.132. The average Bonchev–Trinajstić information content (AvgIpc) is 2.86. The number of carbonyl (C=O) groups excluding carboxylic acids is 2. The fraction of sp³-hybridized carbons (Fsp3) is 0.375. The minimum atomic E-state index is -3.80. The van der Waals surface area contributed by atoms with Crippen molar-refractivity contribution in [2.45, 2.75) is 24.7 Å².